The lowest BCUT2D eigenvalue weighted by atomic mass is 10.1. The molecule has 1 N–H and O–H groups in total. The first-order valence-electron chi connectivity index (χ1n) is 6.63. The Morgan fingerprint density at radius 1 is 1.37 bits per heavy atom. The lowest BCUT2D eigenvalue weighted by molar-refractivity contribution is 0.329. The number of nitrogens with zero attached hydrogens (tertiary/aromatic N) is 2. The number of hydrogen-bond acceptors (Lipinski definition) is 3. The molecule has 0 radical (unpaired) electrons. The minimum atomic E-state index is 0.204. The Kier molecular flexibility index (Phi) is 4.58. The SMILES string of the molecule is CCOc1ccccc1C(Cn1ccnc1C)NC. The Morgan fingerprint density at radius 2 is 2.16 bits per heavy atom. The molecule has 0 aliphatic heterocycles. The summed E-state index contributed by atoms with van der Waals surface area (Å²) in [6.45, 7) is 5.54. The van der Waals surface area contributed by atoms with Gasteiger partial charge >= 0.3 is 0 Å². The number of rotatable bonds is 6. The van der Waals surface area contributed by atoms with Gasteiger partial charge in [-0.2, -0.15) is 0 Å². The van der Waals surface area contributed by atoms with E-state index in [0.29, 0.717) is 6.61 Å². The molecule has 1 atom stereocenters. The predicted molar refractivity (Wildman–Crippen MR) is 76.4 cm³/mol. The molecular formula is C15H21N3O. The maximum atomic E-state index is 5.70. The van der Waals surface area contributed by atoms with Gasteiger partial charge < -0.3 is 14.6 Å². The van der Waals surface area contributed by atoms with Crippen LogP contribution in [0.4, 0.5) is 0 Å². The Balaban J connectivity index is 2.24. The molecule has 1 heterocycles. The largest absolute Gasteiger partial charge is 0.494 e. The summed E-state index contributed by atoms with van der Waals surface area (Å²) in [6.07, 6.45) is 3.83. The van der Waals surface area contributed by atoms with E-state index in [0.717, 1.165) is 18.1 Å². The third-order valence-corrected chi connectivity index (χ3v) is 3.25. The number of ether oxygens (including phenoxy) is 1. The number of imidazole rings is 1. The van der Waals surface area contributed by atoms with Gasteiger partial charge in [-0.15, -0.1) is 0 Å². The number of para-hydroxylation sites is 1. The van der Waals surface area contributed by atoms with Gasteiger partial charge in [0.25, 0.3) is 0 Å². The summed E-state index contributed by atoms with van der Waals surface area (Å²) in [5.74, 6) is 1.97. The van der Waals surface area contributed by atoms with Crippen molar-refractivity contribution in [2.24, 2.45) is 0 Å². The quantitative estimate of drug-likeness (QED) is 0.866. The normalized spacial score (nSPS) is 12.4. The van der Waals surface area contributed by atoms with Crippen molar-refractivity contribution in [2.45, 2.75) is 26.4 Å². The molecule has 0 spiro atoms. The van der Waals surface area contributed by atoms with E-state index < -0.39 is 0 Å². The molecule has 0 aliphatic rings. The Labute approximate surface area is 114 Å². The lowest BCUT2D eigenvalue weighted by Crippen LogP contribution is -2.23. The van der Waals surface area contributed by atoms with Gasteiger partial charge in [0.05, 0.1) is 12.6 Å². The summed E-state index contributed by atoms with van der Waals surface area (Å²) < 4.78 is 7.85. The number of nitrogens with one attached hydrogen (secondary N) is 1. The summed E-state index contributed by atoms with van der Waals surface area (Å²) >= 11 is 0. The van der Waals surface area contributed by atoms with Crippen molar-refractivity contribution in [2.75, 3.05) is 13.7 Å². The maximum Gasteiger partial charge on any atom is 0.124 e. The molecule has 4 heteroatoms. The van der Waals surface area contributed by atoms with Gasteiger partial charge in [-0.3, -0.25) is 0 Å². The monoisotopic (exact) mass is 259 g/mol. The molecule has 2 aromatic rings. The first-order chi connectivity index (χ1) is 9.26. The highest BCUT2D eigenvalue weighted by Gasteiger charge is 2.15. The van der Waals surface area contributed by atoms with E-state index in [2.05, 4.69) is 20.9 Å². The molecule has 0 bridgehead atoms. The molecule has 4 nitrogen and oxygen atoms in total. The van der Waals surface area contributed by atoms with E-state index in [1.165, 1.54) is 5.56 Å². The number of hydrogen-bond donors (Lipinski definition) is 1. The maximum absolute atomic E-state index is 5.70. The Hall–Kier alpha value is -1.81. The first-order valence-corrected chi connectivity index (χ1v) is 6.63. The van der Waals surface area contributed by atoms with Gasteiger partial charge in [-0.1, -0.05) is 18.2 Å². The van der Waals surface area contributed by atoms with Crippen molar-refractivity contribution in [3.8, 4) is 5.75 Å². The van der Waals surface area contributed by atoms with Crippen molar-refractivity contribution in [1.82, 2.24) is 14.9 Å². The van der Waals surface area contributed by atoms with E-state index in [9.17, 15) is 0 Å². The van der Waals surface area contributed by atoms with Crippen LogP contribution < -0.4 is 10.1 Å². The smallest absolute Gasteiger partial charge is 0.124 e. The zero-order valence-corrected chi connectivity index (χ0v) is 11.8. The standard InChI is InChI=1S/C15H21N3O/c1-4-19-15-8-6-5-7-13(15)14(16-3)11-18-10-9-17-12(18)2/h5-10,14,16H,4,11H2,1-3H3. The second-order valence-corrected chi connectivity index (χ2v) is 4.44. The fourth-order valence-electron chi connectivity index (χ4n) is 2.19. The molecule has 1 aromatic heterocycles. The highest BCUT2D eigenvalue weighted by Crippen LogP contribution is 2.26. The number of likely N-dealkylation sites (N-methyl/N-ethyl adjacent to an activating group) is 1. The van der Waals surface area contributed by atoms with Crippen LogP contribution in [0, 0.1) is 6.92 Å². The zero-order valence-electron chi connectivity index (χ0n) is 11.8. The van der Waals surface area contributed by atoms with E-state index in [1.54, 1.807) is 0 Å². The number of aryl methyl sites for hydroxylation is 1. The third kappa shape index (κ3) is 3.15. The molecule has 19 heavy (non-hydrogen) atoms. The summed E-state index contributed by atoms with van der Waals surface area (Å²) in [4.78, 5) is 4.26. The highest BCUT2D eigenvalue weighted by atomic mass is 16.5. The predicted octanol–water partition coefficient (Wildman–Crippen LogP) is 2.55. The van der Waals surface area contributed by atoms with Gasteiger partial charge in [0.2, 0.25) is 0 Å². The van der Waals surface area contributed by atoms with Crippen molar-refractivity contribution in [1.29, 1.82) is 0 Å². The zero-order chi connectivity index (χ0) is 13.7. The van der Waals surface area contributed by atoms with Gasteiger partial charge in [0, 0.05) is 24.5 Å². The molecular weight excluding hydrogens is 238 g/mol. The third-order valence-electron chi connectivity index (χ3n) is 3.25. The van der Waals surface area contributed by atoms with Gasteiger partial charge in [-0.05, 0) is 27.0 Å². The van der Waals surface area contributed by atoms with E-state index in [1.807, 2.05) is 51.5 Å². The minimum Gasteiger partial charge on any atom is -0.494 e. The summed E-state index contributed by atoms with van der Waals surface area (Å²) in [6, 6.07) is 8.38. The van der Waals surface area contributed by atoms with E-state index >= 15 is 0 Å². The average molecular weight is 259 g/mol. The van der Waals surface area contributed by atoms with Crippen LogP contribution >= 0.6 is 0 Å². The van der Waals surface area contributed by atoms with Crippen LogP contribution in [0.3, 0.4) is 0 Å². The van der Waals surface area contributed by atoms with Crippen LogP contribution in [0.1, 0.15) is 24.4 Å². The molecule has 102 valence electrons. The lowest BCUT2D eigenvalue weighted by Gasteiger charge is -2.21. The second kappa shape index (κ2) is 6.38. The van der Waals surface area contributed by atoms with Crippen LogP contribution in [0.2, 0.25) is 0 Å². The van der Waals surface area contributed by atoms with Crippen LogP contribution in [0.5, 0.6) is 5.75 Å². The van der Waals surface area contributed by atoms with Crippen LogP contribution in [0.15, 0.2) is 36.7 Å². The molecule has 0 aliphatic carbocycles. The fourth-order valence-corrected chi connectivity index (χ4v) is 2.19. The van der Waals surface area contributed by atoms with Crippen molar-refractivity contribution in [3.63, 3.8) is 0 Å². The van der Waals surface area contributed by atoms with Crippen LogP contribution in [-0.4, -0.2) is 23.2 Å². The van der Waals surface area contributed by atoms with E-state index in [4.69, 9.17) is 4.74 Å². The molecule has 1 unspecified atom stereocenters. The molecule has 0 amide bonds. The summed E-state index contributed by atoms with van der Waals surface area (Å²) in [5.41, 5.74) is 1.18. The van der Waals surface area contributed by atoms with Crippen LogP contribution in [-0.2, 0) is 6.54 Å². The number of benzene rings is 1. The molecule has 2 rings (SSSR count). The molecule has 0 saturated carbocycles. The Morgan fingerprint density at radius 3 is 2.79 bits per heavy atom. The van der Waals surface area contributed by atoms with Gasteiger partial charge in [0.15, 0.2) is 0 Å². The van der Waals surface area contributed by atoms with Crippen molar-refractivity contribution < 1.29 is 4.74 Å². The summed E-state index contributed by atoms with van der Waals surface area (Å²) in [5, 5.41) is 3.35. The number of aromatic nitrogens is 2. The summed E-state index contributed by atoms with van der Waals surface area (Å²) in [7, 11) is 1.97. The van der Waals surface area contributed by atoms with Crippen molar-refractivity contribution >= 4 is 0 Å². The van der Waals surface area contributed by atoms with E-state index in [-0.39, 0.29) is 6.04 Å². The van der Waals surface area contributed by atoms with Gasteiger partial charge in [-0.25, -0.2) is 4.98 Å². The van der Waals surface area contributed by atoms with Crippen LogP contribution in [0.25, 0.3) is 0 Å². The topological polar surface area (TPSA) is 39.1 Å². The Bertz CT molecular complexity index is 522. The molecule has 0 fully saturated rings. The first kappa shape index (κ1) is 13.6. The molecule has 1 aromatic carbocycles. The average Bonchev–Trinajstić information content (AvgIpc) is 2.83. The van der Waals surface area contributed by atoms with Gasteiger partial charge in [0.1, 0.15) is 11.6 Å². The highest BCUT2D eigenvalue weighted by molar-refractivity contribution is 5.36. The second-order valence-electron chi connectivity index (χ2n) is 4.44. The molecule has 0 saturated heterocycles. The van der Waals surface area contributed by atoms with Crippen molar-refractivity contribution in [3.05, 3.63) is 48.0 Å². The fraction of sp³-hybridized carbons (Fsp3) is 0.400. The minimum absolute atomic E-state index is 0.204.